The van der Waals surface area contributed by atoms with Crippen LogP contribution in [0.5, 0.6) is 0 Å². The molecule has 3 amide bonds. The smallest absolute Gasteiger partial charge is 0.410 e. The Balaban J connectivity index is 2.74. The lowest BCUT2D eigenvalue weighted by Crippen LogP contribution is -2.50. The van der Waals surface area contributed by atoms with Crippen molar-refractivity contribution in [3.8, 4) is 0 Å². The van der Waals surface area contributed by atoms with E-state index in [1.54, 1.807) is 20.8 Å². The highest BCUT2D eigenvalue weighted by molar-refractivity contribution is 5.88. The van der Waals surface area contributed by atoms with Crippen molar-refractivity contribution >= 4 is 17.9 Å². The molecule has 0 bridgehead atoms. The first-order valence-electron chi connectivity index (χ1n) is 8.04. The summed E-state index contributed by atoms with van der Waals surface area (Å²) in [6.07, 6.45) is -0.290. The quantitative estimate of drug-likeness (QED) is 0.840. The van der Waals surface area contributed by atoms with Crippen LogP contribution in [-0.2, 0) is 20.7 Å². The summed E-state index contributed by atoms with van der Waals surface area (Å²) in [7, 11) is 2.97. The van der Waals surface area contributed by atoms with Crippen LogP contribution in [0.4, 0.5) is 4.79 Å². The van der Waals surface area contributed by atoms with E-state index in [-0.39, 0.29) is 6.54 Å². The van der Waals surface area contributed by atoms with Crippen LogP contribution < -0.4 is 5.73 Å². The van der Waals surface area contributed by atoms with Gasteiger partial charge in [-0.3, -0.25) is 9.59 Å². The molecule has 1 aromatic rings. The number of carbonyl (C=O) groups excluding carboxylic acids is 3. The Kier molecular flexibility index (Phi) is 6.97. The van der Waals surface area contributed by atoms with Crippen molar-refractivity contribution < 1.29 is 19.1 Å². The standard InChI is InChI=1S/C18H27N3O4/c1-18(2,3)25-17(24)20(4)12-15(22)21(5)14(16(19)23)11-13-9-7-6-8-10-13/h6-10,14H,11-12H2,1-5H3,(H2,19,23)/t14-/m0/s1. The molecule has 0 aliphatic heterocycles. The van der Waals surface area contributed by atoms with Gasteiger partial charge < -0.3 is 20.3 Å². The lowest BCUT2D eigenvalue weighted by atomic mass is 10.0. The molecule has 0 saturated carbocycles. The second-order valence-electron chi connectivity index (χ2n) is 6.95. The van der Waals surface area contributed by atoms with Gasteiger partial charge in [-0.25, -0.2) is 4.79 Å². The molecule has 138 valence electrons. The number of primary amides is 1. The molecule has 0 fully saturated rings. The fourth-order valence-electron chi connectivity index (χ4n) is 2.16. The van der Waals surface area contributed by atoms with Crippen LogP contribution in [0.2, 0.25) is 0 Å². The van der Waals surface area contributed by atoms with Gasteiger partial charge in [-0.1, -0.05) is 30.3 Å². The fourth-order valence-corrected chi connectivity index (χ4v) is 2.16. The van der Waals surface area contributed by atoms with Crippen molar-refractivity contribution in [2.75, 3.05) is 20.6 Å². The number of rotatable bonds is 6. The number of amides is 3. The molecular weight excluding hydrogens is 322 g/mol. The maximum Gasteiger partial charge on any atom is 0.410 e. The van der Waals surface area contributed by atoms with Gasteiger partial charge in [0.25, 0.3) is 0 Å². The van der Waals surface area contributed by atoms with Crippen LogP contribution in [0.25, 0.3) is 0 Å². The highest BCUT2D eigenvalue weighted by atomic mass is 16.6. The molecule has 0 unspecified atom stereocenters. The summed E-state index contributed by atoms with van der Waals surface area (Å²) >= 11 is 0. The number of ether oxygens (including phenoxy) is 1. The van der Waals surface area contributed by atoms with E-state index in [1.165, 1.54) is 23.9 Å². The normalized spacial score (nSPS) is 12.2. The van der Waals surface area contributed by atoms with Gasteiger partial charge in [0.2, 0.25) is 11.8 Å². The van der Waals surface area contributed by atoms with Crippen molar-refractivity contribution in [1.29, 1.82) is 0 Å². The van der Waals surface area contributed by atoms with Gasteiger partial charge in [-0.2, -0.15) is 0 Å². The summed E-state index contributed by atoms with van der Waals surface area (Å²) in [5, 5.41) is 0. The van der Waals surface area contributed by atoms with Gasteiger partial charge in [0, 0.05) is 20.5 Å². The molecule has 0 aliphatic carbocycles. The Morgan fingerprint density at radius 2 is 1.68 bits per heavy atom. The zero-order valence-electron chi connectivity index (χ0n) is 15.5. The van der Waals surface area contributed by atoms with E-state index in [9.17, 15) is 14.4 Å². The highest BCUT2D eigenvalue weighted by Crippen LogP contribution is 2.11. The predicted molar refractivity (Wildman–Crippen MR) is 94.8 cm³/mol. The highest BCUT2D eigenvalue weighted by Gasteiger charge is 2.28. The van der Waals surface area contributed by atoms with Crippen LogP contribution in [0.15, 0.2) is 30.3 Å². The second kappa shape index (κ2) is 8.50. The van der Waals surface area contributed by atoms with E-state index in [0.717, 1.165) is 5.56 Å². The van der Waals surface area contributed by atoms with E-state index in [0.29, 0.717) is 6.42 Å². The van der Waals surface area contributed by atoms with Crippen LogP contribution in [0.1, 0.15) is 26.3 Å². The summed E-state index contributed by atoms with van der Waals surface area (Å²) in [5.41, 5.74) is 5.70. The summed E-state index contributed by atoms with van der Waals surface area (Å²) in [6.45, 7) is 5.03. The Hall–Kier alpha value is -2.57. The third-order valence-corrected chi connectivity index (χ3v) is 3.54. The second-order valence-corrected chi connectivity index (χ2v) is 6.95. The third kappa shape index (κ3) is 6.82. The molecule has 0 spiro atoms. The van der Waals surface area contributed by atoms with E-state index >= 15 is 0 Å². The number of likely N-dealkylation sites (N-methyl/N-ethyl adjacent to an activating group) is 2. The topological polar surface area (TPSA) is 92.9 Å². The van der Waals surface area contributed by atoms with Gasteiger partial charge in [0.15, 0.2) is 0 Å². The monoisotopic (exact) mass is 349 g/mol. The van der Waals surface area contributed by atoms with Crippen LogP contribution in [0.3, 0.4) is 0 Å². The lowest BCUT2D eigenvalue weighted by molar-refractivity contribution is -0.138. The molecule has 2 N–H and O–H groups in total. The lowest BCUT2D eigenvalue weighted by Gasteiger charge is -2.29. The average Bonchev–Trinajstić information content (AvgIpc) is 2.50. The van der Waals surface area contributed by atoms with E-state index in [2.05, 4.69) is 0 Å². The van der Waals surface area contributed by atoms with Crippen LogP contribution in [0, 0.1) is 0 Å². The van der Waals surface area contributed by atoms with Gasteiger partial charge in [0.1, 0.15) is 18.2 Å². The molecule has 1 rings (SSSR count). The van der Waals surface area contributed by atoms with Gasteiger partial charge in [0.05, 0.1) is 0 Å². The molecular formula is C18H27N3O4. The molecule has 0 saturated heterocycles. The first-order chi connectivity index (χ1) is 11.5. The maximum atomic E-state index is 12.4. The minimum Gasteiger partial charge on any atom is -0.444 e. The van der Waals surface area contributed by atoms with Crippen molar-refractivity contribution in [2.24, 2.45) is 5.73 Å². The minimum absolute atomic E-state index is 0.204. The fraction of sp³-hybridized carbons (Fsp3) is 0.500. The summed E-state index contributed by atoms with van der Waals surface area (Å²) in [5.74, 6) is -0.993. The first-order valence-corrected chi connectivity index (χ1v) is 8.04. The van der Waals surface area contributed by atoms with Gasteiger partial charge in [-0.15, -0.1) is 0 Å². The molecule has 0 aliphatic rings. The SMILES string of the molecule is CN(CC(=O)N(C)[C@@H](Cc1ccccc1)C(N)=O)C(=O)OC(C)(C)C. The summed E-state index contributed by atoms with van der Waals surface area (Å²) in [4.78, 5) is 38.6. The number of hydrogen-bond acceptors (Lipinski definition) is 4. The minimum atomic E-state index is -0.790. The molecule has 0 heterocycles. The summed E-state index contributed by atoms with van der Waals surface area (Å²) < 4.78 is 5.21. The Morgan fingerprint density at radius 3 is 2.16 bits per heavy atom. The van der Waals surface area contributed by atoms with E-state index in [4.69, 9.17) is 10.5 Å². The molecule has 0 radical (unpaired) electrons. The molecule has 1 aromatic carbocycles. The van der Waals surface area contributed by atoms with Crippen molar-refractivity contribution in [3.05, 3.63) is 35.9 Å². The number of nitrogens with zero attached hydrogens (tertiary/aromatic N) is 2. The predicted octanol–water partition coefficient (Wildman–Crippen LogP) is 1.41. The van der Waals surface area contributed by atoms with Gasteiger partial charge >= 0.3 is 6.09 Å². The summed E-state index contributed by atoms with van der Waals surface area (Å²) in [6, 6.07) is 8.51. The number of carbonyl (C=O) groups is 3. The Labute approximate surface area is 148 Å². The molecule has 1 atom stereocenters. The van der Waals surface area contributed by atoms with Crippen molar-refractivity contribution in [1.82, 2.24) is 9.80 Å². The number of hydrogen-bond donors (Lipinski definition) is 1. The average molecular weight is 349 g/mol. The Morgan fingerprint density at radius 1 is 1.12 bits per heavy atom. The Bertz CT molecular complexity index is 610. The number of nitrogens with two attached hydrogens (primary N) is 1. The van der Waals surface area contributed by atoms with Crippen LogP contribution in [-0.4, -0.2) is 60.0 Å². The van der Waals surface area contributed by atoms with E-state index in [1.807, 2.05) is 30.3 Å². The number of benzene rings is 1. The first kappa shape index (κ1) is 20.5. The van der Waals surface area contributed by atoms with Crippen LogP contribution >= 0.6 is 0 Å². The molecule has 0 aromatic heterocycles. The van der Waals surface area contributed by atoms with E-state index < -0.39 is 29.6 Å². The third-order valence-electron chi connectivity index (χ3n) is 3.54. The molecule has 7 nitrogen and oxygen atoms in total. The largest absolute Gasteiger partial charge is 0.444 e. The zero-order valence-corrected chi connectivity index (χ0v) is 15.5. The molecule has 25 heavy (non-hydrogen) atoms. The van der Waals surface area contributed by atoms with Crippen molar-refractivity contribution in [3.63, 3.8) is 0 Å². The van der Waals surface area contributed by atoms with Crippen molar-refractivity contribution in [2.45, 2.75) is 38.8 Å². The zero-order chi connectivity index (χ0) is 19.2. The maximum absolute atomic E-state index is 12.4. The van der Waals surface area contributed by atoms with Gasteiger partial charge in [-0.05, 0) is 26.3 Å². The molecule has 7 heteroatoms.